The van der Waals surface area contributed by atoms with Crippen molar-refractivity contribution in [3.63, 3.8) is 0 Å². The number of rotatable bonds is 5. The molecule has 0 unspecified atom stereocenters. The van der Waals surface area contributed by atoms with Crippen LogP contribution in [0.15, 0.2) is 48.5 Å². The van der Waals surface area contributed by atoms with E-state index in [0.29, 0.717) is 12.3 Å². The van der Waals surface area contributed by atoms with E-state index in [9.17, 15) is 4.79 Å². The van der Waals surface area contributed by atoms with Gasteiger partial charge < -0.3 is 5.73 Å². The third-order valence-corrected chi connectivity index (χ3v) is 4.40. The molecule has 0 atom stereocenters. The van der Waals surface area contributed by atoms with Crippen LogP contribution in [0.25, 0.3) is 0 Å². The molecule has 0 aromatic heterocycles. The van der Waals surface area contributed by atoms with E-state index in [1.54, 1.807) is 0 Å². The Morgan fingerprint density at radius 1 is 1.10 bits per heavy atom. The van der Waals surface area contributed by atoms with Crippen LogP contribution in [0.1, 0.15) is 53.1 Å². The summed E-state index contributed by atoms with van der Waals surface area (Å²) in [6.07, 6.45) is 5.03. The number of nitrogen functional groups attached to an aromatic ring is 1. The average molecular weight is 279 g/mol. The molecule has 2 heteroatoms. The maximum absolute atomic E-state index is 12.5. The fraction of sp³-hybridized carbons (Fsp3) is 0.316. The normalized spacial score (nSPS) is 14.7. The molecule has 0 spiro atoms. The molecular weight excluding hydrogens is 258 g/mol. The van der Waals surface area contributed by atoms with Crippen molar-refractivity contribution < 1.29 is 4.79 Å². The summed E-state index contributed by atoms with van der Waals surface area (Å²) in [6.45, 7) is 0. The zero-order chi connectivity index (χ0) is 14.7. The zero-order valence-corrected chi connectivity index (χ0v) is 12.2. The van der Waals surface area contributed by atoms with Gasteiger partial charge in [-0.1, -0.05) is 42.8 Å². The summed E-state index contributed by atoms with van der Waals surface area (Å²) in [5.74, 6) is 0.845. The fourth-order valence-electron chi connectivity index (χ4n) is 2.97. The summed E-state index contributed by atoms with van der Waals surface area (Å²) in [7, 11) is 0. The van der Waals surface area contributed by atoms with Crippen molar-refractivity contribution in [3.05, 3.63) is 65.2 Å². The molecule has 0 radical (unpaired) electrons. The summed E-state index contributed by atoms with van der Waals surface area (Å²) in [5.41, 5.74) is 9.84. The van der Waals surface area contributed by atoms with Crippen molar-refractivity contribution in [2.45, 2.75) is 38.0 Å². The number of ketones is 1. The second kappa shape index (κ2) is 6.13. The van der Waals surface area contributed by atoms with Crippen molar-refractivity contribution in [2.24, 2.45) is 0 Å². The first kappa shape index (κ1) is 13.9. The van der Waals surface area contributed by atoms with Gasteiger partial charge in [0.2, 0.25) is 0 Å². The molecular formula is C19H21NO. The first-order valence-electron chi connectivity index (χ1n) is 7.70. The number of hydrogen-bond acceptors (Lipinski definition) is 2. The molecule has 3 rings (SSSR count). The van der Waals surface area contributed by atoms with Gasteiger partial charge in [0.1, 0.15) is 0 Å². The lowest BCUT2D eigenvalue weighted by Crippen LogP contribution is -2.14. The standard InChI is InChI=1S/C19H21NO/c20-16-8-3-5-14(13-16)11-12-19(21)18-10-2-1-9-17(18)15-6-4-7-15/h1-3,5,8-10,13,15H,4,6-7,11-12,20H2. The first-order chi connectivity index (χ1) is 10.2. The van der Waals surface area contributed by atoms with Gasteiger partial charge in [-0.15, -0.1) is 0 Å². The van der Waals surface area contributed by atoms with Gasteiger partial charge in [0.25, 0.3) is 0 Å². The van der Waals surface area contributed by atoms with Gasteiger partial charge in [-0.05, 0) is 48.4 Å². The molecule has 2 nitrogen and oxygen atoms in total. The van der Waals surface area contributed by atoms with Gasteiger partial charge in [0, 0.05) is 17.7 Å². The van der Waals surface area contributed by atoms with Crippen molar-refractivity contribution in [2.75, 3.05) is 5.73 Å². The molecule has 2 aromatic rings. The second-order valence-electron chi connectivity index (χ2n) is 5.88. The first-order valence-corrected chi connectivity index (χ1v) is 7.70. The Morgan fingerprint density at radius 3 is 2.62 bits per heavy atom. The van der Waals surface area contributed by atoms with Crippen LogP contribution < -0.4 is 5.73 Å². The molecule has 21 heavy (non-hydrogen) atoms. The van der Waals surface area contributed by atoms with Crippen molar-refractivity contribution in [1.82, 2.24) is 0 Å². The van der Waals surface area contributed by atoms with Gasteiger partial charge >= 0.3 is 0 Å². The Balaban J connectivity index is 1.71. The van der Waals surface area contributed by atoms with Crippen LogP contribution in [0.3, 0.4) is 0 Å². The molecule has 1 aliphatic carbocycles. The third-order valence-electron chi connectivity index (χ3n) is 4.40. The van der Waals surface area contributed by atoms with Crippen LogP contribution in [0.5, 0.6) is 0 Å². The maximum Gasteiger partial charge on any atom is 0.163 e. The Labute approximate surface area is 126 Å². The van der Waals surface area contributed by atoms with Crippen molar-refractivity contribution >= 4 is 11.5 Å². The molecule has 0 amide bonds. The summed E-state index contributed by atoms with van der Waals surface area (Å²) in [4.78, 5) is 12.5. The predicted molar refractivity (Wildman–Crippen MR) is 86.5 cm³/mol. The van der Waals surface area contributed by atoms with E-state index in [1.165, 1.54) is 24.8 Å². The van der Waals surface area contributed by atoms with E-state index in [4.69, 9.17) is 5.73 Å². The van der Waals surface area contributed by atoms with E-state index < -0.39 is 0 Å². The number of anilines is 1. The van der Waals surface area contributed by atoms with Crippen LogP contribution in [0.4, 0.5) is 5.69 Å². The number of carbonyl (C=O) groups is 1. The van der Waals surface area contributed by atoms with Crippen LogP contribution >= 0.6 is 0 Å². The largest absolute Gasteiger partial charge is 0.399 e. The fourth-order valence-corrected chi connectivity index (χ4v) is 2.97. The summed E-state index contributed by atoms with van der Waals surface area (Å²) in [5, 5.41) is 0. The molecule has 0 heterocycles. The zero-order valence-electron chi connectivity index (χ0n) is 12.2. The lowest BCUT2D eigenvalue weighted by Gasteiger charge is -2.27. The second-order valence-corrected chi connectivity index (χ2v) is 5.88. The minimum atomic E-state index is 0.250. The molecule has 0 aliphatic heterocycles. The minimum Gasteiger partial charge on any atom is -0.399 e. The van der Waals surface area contributed by atoms with Crippen LogP contribution in [0.2, 0.25) is 0 Å². The Bertz CT molecular complexity index is 644. The lowest BCUT2D eigenvalue weighted by molar-refractivity contribution is 0.0981. The van der Waals surface area contributed by atoms with Gasteiger partial charge in [-0.2, -0.15) is 0 Å². The predicted octanol–water partition coefficient (Wildman–Crippen LogP) is 4.35. The van der Waals surface area contributed by atoms with Crippen molar-refractivity contribution in [3.8, 4) is 0 Å². The lowest BCUT2D eigenvalue weighted by atomic mass is 9.77. The summed E-state index contributed by atoms with van der Waals surface area (Å²) in [6, 6.07) is 15.9. The van der Waals surface area contributed by atoms with Gasteiger partial charge in [-0.25, -0.2) is 0 Å². The maximum atomic E-state index is 12.5. The van der Waals surface area contributed by atoms with Crippen LogP contribution in [-0.4, -0.2) is 5.78 Å². The number of Topliss-reactive ketones (excluding diaryl/α,β-unsaturated/α-hetero) is 1. The van der Waals surface area contributed by atoms with E-state index in [-0.39, 0.29) is 5.78 Å². The molecule has 1 saturated carbocycles. The molecule has 0 bridgehead atoms. The van der Waals surface area contributed by atoms with Gasteiger partial charge in [0.15, 0.2) is 5.78 Å². The highest BCUT2D eigenvalue weighted by atomic mass is 16.1. The van der Waals surface area contributed by atoms with Crippen molar-refractivity contribution in [1.29, 1.82) is 0 Å². The molecule has 2 N–H and O–H groups in total. The molecule has 1 fully saturated rings. The van der Waals surface area contributed by atoms with Crippen LogP contribution in [-0.2, 0) is 6.42 Å². The Morgan fingerprint density at radius 2 is 1.90 bits per heavy atom. The number of hydrogen-bond donors (Lipinski definition) is 1. The van der Waals surface area contributed by atoms with E-state index in [0.717, 1.165) is 23.2 Å². The average Bonchev–Trinajstić information content (AvgIpc) is 2.44. The number of benzene rings is 2. The van der Waals surface area contributed by atoms with E-state index in [2.05, 4.69) is 6.07 Å². The smallest absolute Gasteiger partial charge is 0.163 e. The highest BCUT2D eigenvalue weighted by Gasteiger charge is 2.23. The third kappa shape index (κ3) is 3.15. The highest BCUT2D eigenvalue weighted by Crippen LogP contribution is 2.38. The molecule has 2 aromatic carbocycles. The summed E-state index contributed by atoms with van der Waals surface area (Å²) >= 11 is 0. The highest BCUT2D eigenvalue weighted by molar-refractivity contribution is 5.97. The minimum absolute atomic E-state index is 0.250. The summed E-state index contributed by atoms with van der Waals surface area (Å²) < 4.78 is 0. The Kier molecular flexibility index (Phi) is 4.05. The van der Waals surface area contributed by atoms with Gasteiger partial charge in [-0.3, -0.25) is 4.79 Å². The number of carbonyl (C=O) groups excluding carboxylic acids is 1. The van der Waals surface area contributed by atoms with E-state index >= 15 is 0 Å². The monoisotopic (exact) mass is 279 g/mol. The quantitative estimate of drug-likeness (QED) is 0.653. The topological polar surface area (TPSA) is 43.1 Å². The molecule has 1 aliphatic rings. The SMILES string of the molecule is Nc1cccc(CCC(=O)c2ccccc2C2CCC2)c1. The molecule has 0 saturated heterocycles. The Hall–Kier alpha value is -2.09. The van der Waals surface area contributed by atoms with E-state index in [1.807, 2.05) is 42.5 Å². The number of nitrogens with two attached hydrogens (primary N) is 1. The number of aryl methyl sites for hydroxylation is 1. The molecule has 108 valence electrons. The van der Waals surface area contributed by atoms with Gasteiger partial charge in [0.05, 0.1) is 0 Å². The van der Waals surface area contributed by atoms with Crippen LogP contribution in [0, 0.1) is 0 Å².